The average molecular weight is 169 g/mol. The van der Waals surface area contributed by atoms with Crippen molar-refractivity contribution >= 4 is 11.9 Å². The van der Waals surface area contributed by atoms with Gasteiger partial charge in [-0.05, 0) is 13.0 Å². The predicted octanol–water partition coefficient (Wildman–Crippen LogP) is -1.20. The van der Waals surface area contributed by atoms with Crippen LogP contribution in [0.2, 0.25) is 0 Å². The lowest BCUT2D eigenvalue weighted by Crippen LogP contribution is -2.62. The van der Waals surface area contributed by atoms with Crippen LogP contribution in [-0.4, -0.2) is 31.1 Å². The number of amides is 3. The van der Waals surface area contributed by atoms with Gasteiger partial charge in [-0.1, -0.05) is 0 Å². The van der Waals surface area contributed by atoms with Crippen molar-refractivity contribution in [2.75, 3.05) is 13.1 Å². The molecule has 2 rings (SSSR count). The van der Waals surface area contributed by atoms with Gasteiger partial charge in [0.05, 0.1) is 5.92 Å². The van der Waals surface area contributed by atoms with Crippen LogP contribution < -0.4 is 16.0 Å². The van der Waals surface area contributed by atoms with Crippen molar-refractivity contribution in [3.8, 4) is 0 Å². The zero-order chi connectivity index (χ0) is 8.55. The van der Waals surface area contributed by atoms with Crippen LogP contribution in [0.3, 0.4) is 0 Å². The molecule has 2 aliphatic heterocycles. The molecule has 0 saturated carbocycles. The molecule has 0 unspecified atom stereocenters. The van der Waals surface area contributed by atoms with Gasteiger partial charge in [0, 0.05) is 12.6 Å². The lowest BCUT2D eigenvalue weighted by atomic mass is 9.91. The Morgan fingerprint density at radius 3 is 3.00 bits per heavy atom. The van der Waals surface area contributed by atoms with Crippen molar-refractivity contribution in [2.24, 2.45) is 5.92 Å². The first kappa shape index (κ1) is 7.54. The van der Waals surface area contributed by atoms with E-state index in [9.17, 15) is 9.59 Å². The minimum Gasteiger partial charge on any atom is -0.334 e. The van der Waals surface area contributed by atoms with Gasteiger partial charge in [-0.3, -0.25) is 10.1 Å². The van der Waals surface area contributed by atoms with Crippen molar-refractivity contribution in [1.29, 1.82) is 0 Å². The number of hydrogen-bond donors (Lipinski definition) is 3. The molecular weight excluding hydrogens is 158 g/mol. The van der Waals surface area contributed by atoms with E-state index in [4.69, 9.17) is 0 Å². The number of nitrogens with one attached hydrogen (secondary N) is 3. The van der Waals surface area contributed by atoms with E-state index in [-0.39, 0.29) is 23.9 Å². The molecule has 66 valence electrons. The molecule has 3 N–H and O–H groups in total. The van der Waals surface area contributed by atoms with E-state index in [2.05, 4.69) is 16.0 Å². The molecule has 0 radical (unpaired) electrons. The van der Waals surface area contributed by atoms with Gasteiger partial charge in [-0.15, -0.1) is 0 Å². The molecule has 5 nitrogen and oxygen atoms in total. The number of imide groups is 1. The van der Waals surface area contributed by atoms with E-state index in [0.29, 0.717) is 6.54 Å². The highest BCUT2D eigenvalue weighted by Gasteiger charge is 2.36. The number of carbonyl (C=O) groups is 2. The fraction of sp³-hybridized carbons (Fsp3) is 0.714. The van der Waals surface area contributed by atoms with Gasteiger partial charge < -0.3 is 10.6 Å². The third-order valence-electron chi connectivity index (χ3n) is 2.37. The van der Waals surface area contributed by atoms with Gasteiger partial charge in [0.25, 0.3) is 0 Å². The van der Waals surface area contributed by atoms with Crippen molar-refractivity contribution in [2.45, 2.75) is 12.5 Å². The topological polar surface area (TPSA) is 70.2 Å². The number of rotatable bonds is 0. The van der Waals surface area contributed by atoms with E-state index in [1.165, 1.54) is 0 Å². The van der Waals surface area contributed by atoms with Crippen molar-refractivity contribution in [1.82, 2.24) is 16.0 Å². The van der Waals surface area contributed by atoms with E-state index in [1.807, 2.05) is 0 Å². The third-order valence-corrected chi connectivity index (χ3v) is 2.37. The Labute approximate surface area is 69.9 Å². The maximum Gasteiger partial charge on any atom is 0.321 e. The summed E-state index contributed by atoms with van der Waals surface area (Å²) in [6.07, 6.45) is 0.837. The van der Waals surface area contributed by atoms with Gasteiger partial charge in [-0.2, -0.15) is 0 Å². The van der Waals surface area contributed by atoms with Gasteiger partial charge >= 0.3 is 6.03 Å². The first-order valence-corrected chi connectivity index (χ1v) is 4.09. The molecule has 0 aromatic heterocycles. The molecular formula is C7H11N3O2. The van der Waals surface area contributed by atoms with Crippen LogP contribution in [0, 0.1) is 5.92 Å². The largest absolute Gasteiger partial charge is 0.334 e. The number of fused-ring (bicyclic) bond motifs is 1. The molecule has 3 amide bonds. The minimum absolute atomic E-state index is 0.0347. The van der Waals surface area contributed by atoms with E-state index < -0.39 is 0 Å². The Kier molecular flexibility index (Phi) is 1.73. The fourth-order valence-corrected chi connectivity index (χ4v) is 1.72. The van der Waals surface area contributed by atoms with Gasteiger partial charge in [-0.25, -0.2) is 4.79 Å². The van der Waals surface area contributed by atoms with E-state index in [0.717, 1.165) is 13.0 Å². The van der Waals surface area contributed by atoms with Crippen LogP contribution in [0.4, 0.5) is 4.79 Å². The Morgan fingerprint density at radius 1 is 1.33 bits per heavy atom. The smallest absolute Gasteiger partial charge is 0.321 e. The van der Waals surface area contributed by atoms with Crippen LogP contribution in [0.25, 0.3) is 0 Å². The molecule has 0 spiro atoms. The molecule has 0 aromatic carbocycles. The Balaban J connectivity index is 2.11. The highest BCUT2D eigenvalue weighted by atomic mass is 16.2. The second-order valence-electron chi connectivity index (χ2n) is 3.17. The molecule has 5 heteroatoms. The molecule has 0 aromatic rings. The van der Waals surface area contributed by atoms with E-state index >= 15 is 0 Å². The number of piperidine rings is 1. The highest BCUT2D eigenvalue weighted by molar-refractivity contribution is 5.98. The Hall–Kier alpha value is -1.10. The zero-order valence-electron chi connectivity index (χ0n) is 6.59. The number of hydrogen-bond acceptors (Lipinski definition) is 3. The van der Waals surface area contributed by atoms with E-state index in [1.54, 1.807) is 0 Å². The number of carbonyl (C=O) groups excluding carboxylic acids is 2. The summed E-state index contributed by atoms with van der Waals surface area (Å²) >= 11 is 0. The number of urea groups is 1. The summed E-state index contributed by atoms with van der Waals surface area (Å²) in [5.41, 5.74) is 0. The summed E-state index contributed by atoms with van der Waals surface area (Å²) in [5.74, 6) is -0.243. The summed E-state index contributed by atoms with van der Waals surface area (Å²) in [6.45, 7) is 1.53. The predicted molar refractivity (Wildman–Crippen MR) is 41.4 cm³/mol. The standard InChI is InChI=1S/C7H11N3O2/c11-6-4-3-8-2-1-5(4)9-7(12)10-6/h4-5,8H,1-3H2,(H2,9,10,11,12)/t4-,5-/m0/s1. The molecule has 0 bridgehead atoms. The molecule has 2 fully saturated rings. The quantitative estimate of drug-likeness (QED) is 0.427. The maximum atomic E-state index is 11.2. The van der Waals surface area contributed by atoms with Crippen LogP contribution in [0.15, 0.2) is 0 Å². The first-order chi connectivity index (χ1) is 5.77. The lowest BCUT2D eigenvalue weighted by Gasteiger charge is -2.35. The summed E-state index contributed by atoms with van der Waals surface area (Å²) in [6, 6.07) is -0.323. The normalized spacial score (nSPS) is 35.0. The van der Waals surface area contributed by atoms with Gasteiger partial charge in [0.15, 0.2) is 0 Å². The SMILES string of the molecule is O=C1NC(=O)[C@H]2CNCC[C@@H]2N1. The van der Waals surface area contributed by atoms with Gasteiger partial charge in [0.1, 0.15) is 0 Å². The Morgan fingerprint density at radius 2 is 2.17 bits per heavy atom. The highest BCUT2D eigenvalue weighted by Crippen LogP contribution is 2.14. The summed E-state index contributed by atoms with van der Waals surface area (Å²) in [4.78, 5) is 22.1. The van der Waals surface area contributed by atoms with Gasteiger partial charge in [0.2, 0.25) is 5.91 Å². The van der Waals surface area contributed by atoms with Crippen LogP contribution >= 0.6 is 0 Å². The summed E-state index contributed by atoms with van der Waals surface area (Å²) < 4.78 is 0. The van der Waals surface area contributed by atoms with Crippen molar-refractivity contribution in [3.05, 3.63) is 0 Å². The first-order valence-electron chi connectivity index (χ1n) is 4.09. The van der Waals surface area contributed by atoms with Crippen molar-refractivity contribution < 1.29 is 9.59 Å². The molecule has 2 atom stereocenters. The van der Waals surface area contributed by atoms with Crippen LogP contribution in [0.1, 0.15) is 6.42 Å². The molecule has 2 aliphatic rings. The van der Waals surface area contributed by atoms with Crippen LogP contribution in [0.5, 0.6) is 0 Å². The molecule has 2 saturated heterocycles. The molecule has 0 aliphatic carbocycles. The second kappa shape index (κ2) is 2.75. The minimum atomic E-state index is -0.358. The maximum absolute atomic E-state index is 11.2. The zero-order valence-corrected chi connectivity index (χ0v) is 6.59. The summed E-state index contributed by atoms with van der Waals surface area (Å²) in [7, 11) is 0. The van der Waals surface area contributed by atoms with Crippen LogP contribution in [-0.2, 0) is 4.79 Å². The lowest BCUT2D eigenvalue weighted by molar-refractivity contribution is -0.126. The second-order valence-corrected chi connectivity index (χ2v) is 3.17. The third kappa shape index (κ3) is 1.16. The average Bonchev–Trinajstić information content (AvgIpc) is 2.04. The Bertz CT molecular complexity index is 229. The van der Waals surface area contributed by atoms with Crippen molar-refractivity contribution in [3.63, 3.8) is 0 Å². The molecule has 2 heterocycles. The molecule has 12 heavy (non-hydrogen) atoms. The summed E-state index contributed by atoms with van der Waals surface area (Å²) in [5, 5.41) is 8.10. The monoisotopic (exact) mass is 169 g/mol. The fourth-order valence-electron chi connectivity index (χ4n) is 1.72.